The summed E-state index contributed by atoms with van der Waals surface area (Å²) in [6, 6.07) is 13.1. The van der Waals surface area contributed by atoms with Gasteiger partial charge in [-0.15, -0.1) is 0 Å². The quantitative estimate of drug-likeness (QED) is 0.350. The number of benzene rings is 3. The molecule has 0 spiro atoms. The molecular formula is C23H17F5N2OS. The zero-order chi connectivity index (χ0) is 23.2. The first-order chi connectivity index (χ1) is 15.1. The lowest BCUT2D eigenvalue weighted by Gasteiger charge is -2.16. The lowest BCUT2D eigenvalue weighted by Crippen LogP contribution is -2.16. The molecule has 166 valence electrons. The summed E-state index contributed by atoms with van der Waals surface area (Å²) in [6.45, 7) is 0. The second kappa shape index (κ2) is 8.14. The van der Waals surface area contributed by atoms with Gasteiger partial charge in [0.15, 0.2) is 0 Å². The highest BCUT2D eigenvalue weighted by Gasteiger charge is 2.34. The van der Waals surface area contributed by atoms with Crippen molar-refractivity contribution in [2.75, 3.05) is 14.1 Å². The van der Waals surface area contributed by atoms with Crippen LogP contribution in [0.15, 0.2) is 65.6 Å². The number of hydrogen-bond acceptors (Lipinski definition) is 1. The van der Waals surface area contributed by atoms with Crippen molar-refractivity contribution in [2.24, 2.45) is 0 Å². The van der Waals surface area contributed by atoms with E-state index in [9.17, 15) is 26.2 Å². The Kier molecular flexibility index (Phi) is 5.64. The van der Waals surface area contributed by atoms with Gasteiger partial charge >= 0.3 is 6.18 Å². The third kappa shape index (κ3) is 4.05. The Hall–Kier alpha value is -3.04. The summed E-state index contributed by atoms with van der Waals surface area (Å²) in [7, 11) is 1.28. The van der Waals surface area contributed by atoms with Crippen LogP contribution in [0, 0.1) is 11.6 Å². The average Bonchev–Trinajstić information content (AvgIpc) is 3.14. The van der Waals surface area contributed by atoms with E-state index >= 15 is 0 Å². The first-order valence-corrected chi connectivity index (χ1v) is 10.5. The van der Waals surface area contributed by atoms with Crippen LogP contribution in [0.4, 0.5) is 22.0 Å². The summed E-state index contributed by atoms with van der Waals surface area (Å²) in [5.74, 6) is -1.50. The van der Waals surface area contributed by atoms with E-state index in [1.165, 1.54) is 54.8 Å². The van der Waals surface area contributed by atoms with Crippen molar-refractivity contribution in [1.82, 2.24) is 9.29 Å². The van der Waals surface area contributed by atoms with Crippen molar-refractivity contribution < 1.29 is 26.2 Å². The Bertz CT molecular complexity index is 1320. The van der Waals surface area contributed by atoms with Gasteiger partial charge in [0.05, 0.1) is 21.7 Å². The van der Waals surface area contributed by atoms with Crippen molar-refractivity contribution in [3.8, 4) is 22.4 Å². The van der Waals surface area contributed by atoms with E-state index < -0.39 is 34.4 Å². The lowest BCUT2D eigenvalue weighted by atomic mass is 9.98. The van der Waals surface area contributed by atoms with Crippen molar-refractivity contribution in [3.05, 3.63) is 77.9 Å². The number of nitrogens with one attached hydrogen (secondary N) is 1. The van der Waals surface area contributed by atoms with Crippen molar-refractivity contribution >= 4 is 21.9 Å². The van der Waals surface area contributed by atoms with E-state index in [2.05, 4.69) is 4.98 Å². The maximum absolute atomic E-state index is 14.1. The first kappa shape index (κ1) is 22.2. The molecule has 0 saturated heterocycles. The predicted molar refractivity (Wildman–Crippen MR) is 114 cm³/mol. The van der Waals surface area contributed by atoms with Gasteiger partial charge < -0.3 is 4.98 Å². The van der Waals surface area contributed by atoms with Crippen molar-refractivity contribution in [2.45, 2.75) is 11.1 Å². The van der Waals surface area contributed by atoms with Gasteiger partial charge in [-0.1, -0.05) is 18.2 Å². The topological polar surface area (TPSA) is 36.1 Å². The fourth-order valence-corrected chi connectivity index (χ4v) is 4.34. The van der Waals surface area contributed by atoms with E-state index in [0.717, 1.165) is 18.2 Å². The molecule has 9 heteroatoms. The molecule has 0 aliphatic heterocycles. The maximum atomic E-state index is 14.1. The summed E-state index contributed by atoms with van der Waals surface area (Å²) < 4.78 is 83.2. The minimum absolute atomic E-state index is 0.0334. The van der Waals surface area contributed by atoms with Gasteiger partial charge in [-0.25, -0.2) is 17.3 Å². The van der Waals surface area contributed by atoms with Crippen molar-refractivity contribution in [3.63, 3.8) is 0 Å². The van der Waals surface area contributed by atoms with Crippen LogP contribution >= 0.6 is 0 Å². The Balaban J connectivity index is 1.84. The third-order valence-electron chi connectivity index (χ3n) is 4.99. The molecule has 1 heterocycles. The number of H-pyrrole nitrogens is 1. The van der Waals surface area contributed by atoms with Gasteiger partial charge in [0.25, 0.3) is 0 Å². The van der Waals surface area contributed by atoms with Crippen LogP contribution in [0.1, 0.15) is 5.56 Å². The van der Waals surface area contributed by atoms with E-state index in [-0.39, 0.29) is 27.3 Å². The molecule has 4 aromatic rings. The van der Waals surface area contributed by atoms with Crippen LogP contribution in [0.5, 0.6) is 0 Å². The molecule has 0 radical (unpaired) electrons. The molecule has 1 N–H and O–H groups in total. The van der Waals surface area contributed by atoms with Gasteiger partial charge in [-0.3, -0.25) is 0 Å². The molecule has 1 unspecified atom stereocenters. The van der Waals surface area contributed by atoms with E-state index in [0.29, 0.717) is 10.9 Å². The van der Waals surface area contributed by atoms with Crippen LogP contribution in [0.25, 0.3) is 33.3 Å². The normalized spacial score (nSPS) is 13.1. The minimum atomic E-state index is -4.67. The van der Waals surface area contributed by atoms with Gasteiger partial charge in [0.1, 0.15) is 22.6 Å². The Morgan fingerprint density at radius 2 is 1.59 bits per heavy atom. The van der Waals surface area contributed by atoms with Gasteiger partial charge in [-0.2, -0.15) is 13.2 Å². The Morgan fingerprint density at radius 3 is 2.22 bits per heavy atom. The number of rotatable bonds is 4. The SMILES string of the molecule is CN(C)S(=O)c1ccc(-c2ccc3[nH]c(-c4c(F)cccc4F)cc3c2)c(C(F)(F)F)c1. The fourth-order valence-electron chi connectivity index (χ4n) is 3.52. The molecule has 0 bridgehead atoms. The summed E-state index contributed by atoms with van der Waals surface area (Å²) in [5.41, 5.74) is -0.270. The minimum Gasteiger partial charge on any atom is -0.354 e. The highest BCUT2D eigenvalue weighted by atomic mass is 32.2. The van der Waals surface area contributed by atoms with Crippen LogP contribution in [0.3, 0.4) is 0 Å². The van der Waals surface area contributed by atoms with Gasteiger partial charge in [0, 0.05) is 10.9 Å². The molecule has 0 aliphatic carbocycles. The van der Waals surface area contributed by atoms with Gasteiger partial charge in [0.2, 0.25) is 0 Å². The number of hydrogen-bond donors (Lipinski definition) is 1. The number of nitrogens with zero attached hydrogens (tertiary/aromatic N) is 1. The highest BCUT2D eigenvalue weighted by Crippen LogP contribution is 2.39. The molecule has 3 nitrogen and oxygen atoms in total. The standard InChI is InChI=1S/C23H17F5N2OS/c1-30(2)32(31)15-7-8-16(17(12-15)23(26,27)28)13-6-9-20-14(10-13)11-21(29-20)22-18(24)4-3-5-19(22)25/h3-12,29H,1-2H3. The molecule has 0 aliphatic rings. The number of alkyl halides is 3. The van der Waals surface area contributed by atoms with E-state index in [1.54, 1.807) is 6.07 Å². The van der Waals surface area contributed by atoms with Crippen molar-refractivity contribution in [1.29, 1.82) is 0 Å². The number of aromatic amines is 1. The molecule has 4 rings (SSSR count). The zero-order valence-corrected chi connectivity index (χ0v) is 17.7. The number of fused-ring (bicyclic) bond motifs is 1. The van der Waals surface area contributed by atoms with Gasteiger partial charge in [-0.05, 0) is 67.7 Å². The summed E-state index contributed by atoms with van der Waals surface area (Å²) in [5, 5.41) is 0.495. The molecule has 3 aromatic carbocycles. The first-order valence-electron chi connectivity index (χ1n) is 9.44. The largest absolute Gasteiger partial charge is 0.417 e. The summed E-state index contributed by atoms with van der Waals surface area (Å²) in [6.07, 6.45) is -4.67. The molecule has 0 fully saturated rings. The molecule has 0 saturated carbocycles. The third-order valence-corrected chi connectivity index (χ3v) is 6.31. The van der Waals surface area contributed by atoms with Crippen LogP contribution < -0.4 is 0 Å². The molecular weight excluding hydrogens is 447 g/mol. The van der Waals surface area contributed by atoms with Crippen LogP contribution in [-0.4, -0.2) is 27.6 Å². The maximum Gasteiger partial charge on any atom is 0.417 e. The lowest BCUT2D eigenvalue weighted by molar-refractivity contribution is -0.137. The molecule has 1 atom stereocenters. The van der Waals surface area contributed by atoms with E-state index in [1.807, 2.05) is 0 Å². The number of aromatic nitrogens is 1. The van der Waals surface area contributed by atoms with Crippen LogP contribution in [0.2, 0.25) is 0 Å². The zero-order valence-electron chi connectivity index (χ0n) is 16.9. The number of halogens is 5. The summed E-state index contributed by atoms with van der Waals surface area (Å²) in [4.78, 5) is 2.94. The molecule has 1 aromatic heterocycles. The smallest absolute Gasteiger partial charge is 0.354 e. The fraction of sp³-hybridized carbons (Fsp3) is 0.130. The predicted octanol–water partition coefficient (Wildman–Crippen LogP) is 6.38. The Labute approximate surface area is 183 Å². The Morgan fingerprint density at radius 1 is 0.906 bits per heavy atom. The average molecular weight is 464 g/mol. The molecule has 0 amide bonds. The monoisotopic (exact) mass is 464 g/mol. The highest BCUT2D eigenvalue weighted by molar-refractivity contribution is 7.82. The second-order valence-electron chi connectivity index (χ2n) is 7.35. The summed E-state index contributed by atoms with van der Waals surface area (Å²) >= 11 is 0. The molecule has 32 heavy (non-hydrogen) atoms. The second-order valence-corrected chi connectivity index (χ2v) is 9.05. The van der Waals surface area contributed by atoms with Crippen LogP contribution in [-0.2, 0) is 17.2 Å². The van der Waals surface area contributed by atoms with E-state index in [4.69, 9.17) is 0 Å².